The minimum Gasteiger partial charge on any atom is -0.432 e. The van der Waals surface area contributed by atoms with Crippen LogP contribution in [0.1, 0.15) is 19.8 Å². The van der Waals surface area contributed by atoms with Gasteiger partial charge in [0.25, 0.3) is 11.8 Å². The van der Waals surface area contributed by atoms with Crippen LogP contribution in [0, 0.1) is 0 Å². The van der Waals surface area contributed by atoms with Gasteiger partial charge in [0.2, 0.25) is 0 Å². The zero-order valence-corrected chi connectivity index (χ0v) is 17.3. The molecule has 0 radical (unpaired) electrons. The first-order valence-electron chi connectivity index (χ1n) is 9.51. The van der Waals surface area contributed by atoms with E-state index < -0.39 is 0 Å². The molecule has 0 aliphatic rings. The Morgan fingerprint density at radius 3 is 2.77 bits per heavy atom. The molecule has 0 saturated heterocycles. The zero-order valence-electron chi connectivity index (χ0n) is 16.4. The highest BCUT2D eigenvalue weighted by Crippen LogP contribution is 2.28. The number of aromatic nitrogens is 3. The van der Waals surface area contributed by atoms with Crippen molar-refractivity contribution in [1.82, 2.24) is 15.0 Å². The van der Waals surface area contributed by atoms with Gasteiger partial charge < -0.3 is 14.6 Å². The van der Waals surface area contributed by atoms with Gasteiger partial charge in [0.1, 0.15) is 17.0 Å². The van der Waals surface area contributed by atoms with E-state index in [0.717, 1.165) is 17.7 Å². The van der Waals surface area contributed by atoms with Crippen LogP contribution >= 0.6 is 12.6 Å². The van der Waals surface area contributed by atoms with Gasteiger partial charge in [0.15, 0.2) is 17.2 Å². The van der Waals surface area contributed by atoms with Crippen molar-refractivity contribution in [1.29, 1.82) is 0 Å². The number of pyridine rings is 1. The van der Waals surface area contributed by atoms with Gasteiger partial charge in [-0.05, 0) is 37.6 Å². The Hall–Kier alpha value is -3.39. The fraction of sp³-hybridized carbons (Fsp3) is 0.182. The number of hydrogen-bond acceptors (Lipinski definition) is 7. The molecule has 0 bridgehead atoms. The van der Waals surface area contributed by atoms with Crippen molar-refractivity contribution in [2.75, 3.05) is 5.75 Å². The molecular formula is C22H21N5O2S. The first kappa shape index (κ1) is 19.9. The third-order valence-corrected chi connectivity index (χ3v) is 4.63. The van der Waals surface area contributed by atoms with E-state index in [2.05, 4.69) is 45.6 Å². The van der Waals surface area contributed by atoms with Gasteiger partial charge in [0.05, 0.1) is 6.20 Å². The van der Waals surface area contributed by atoms with E-state index in [1.807, 2.05) is 36.4 Å². The number of hydrogen-bond donors (Lipinski definition) is 2. The molecule has 0 fully saturated rings. The maximum atomic E-state index is 6.06. The first-order valence-corrected chi connectivity index (χ1v) is 10.1. The van der Waals surface area contributed by atoms with Crippen LogP contribution in [0.3, 0.4) is 0 Å². The summed E-state index contributed by atoms with van der Waals surface area (Å²) in [4.78, 5) is 17.6. The molecular weight excluding hydrogens is 398 g/mol. The van der Waals surface area contributed by atoms with Crippen molar-refractivity contribution in [2.24, 2.45) is 10.7 Å². The smallest absolute Gasteiger partial charge is 0.284 e. The number of oxazole rings is 2. The summed E-state index contributed by atoms with van der Waals surface area (Å²) >= 11 is 4.20. The van der Waals surface area contributed by atoms with E-state index in [1.165, 1.54) is 5.57 Å². The Morgan fingerprint density at radius 2 is 1.93 bits per heavy atom. The number of aliphatic imine (C=N–C) groups is 1. The van der Waals surface area contributed by atoms with E-state index in [4.69, 9.17) is 14.6 Å². The zero-order chi connectivity index (χ0) is 20.9. The van der Waals surface area contributed by atoms with Crippen LogP contribution < -0.4 is 5.73 Å². The molecule has 7 nitrogen and oxygen atoms in total. The van der Waals surface area contributed by atoms with Crippen LogP contribution in [0.25, 0.3) is 34.3 Å². The Bertz CT molecular complexity index is 1190. The molecule has 0 aliphatic heterocycles. The van der Waals surface area contributed by atoms with E-state index in [-0.39, 0.29) is 0 Å². The van der Waals surface area contributed by atoms with Gasteiger partial charge in [-0.3, -0.25) is 0 Å². The highest BCUT2D eigenvalue weighted by atomic mass is 32.1. The van der Waals surface area contributed by atoms with E-state index in [1.54, 1.807) is 12.3 Å². The Morgan fingerprint density at radius 1 is 1.07 bits per heavy atom. The lowest BCUT2D eigenvalue weighted by molar-refractivity contribution is 0.534. The first-order chi connectivity index (χ1) is 14.6. The van der Waals surface area contributed by atoms with Gasteiger partial charge >= 0.3 is 0 Å². The molecule has 152 valence electrons. The third-order valence-electron chi connectivity index (χ3n) is 4.44. The van der Waals surface area contributed by atoms with Crippen molar-refractivity contribution in [3.8, 4) is 23.2 Å². The second-order valence-electron chi connectivity index (χ2n) is 6.73. The summed E-state index contributed by atoms with van der Waals surface area (Å²) in [6.45, 7) is 2.06. The number of allylic oxidation sites excluding steroid dienone is 1. The van der Waals surface area contributed by atoms with Crippen LogP contribution in [-0.4, -0.2) is 26.5 Å². The minimum absolute atomic E-state index is 0.294. The van der Waals surface area contributed by atoms with Crippen LogP contribution in [0.15, 0.2) is 74.1 Å². The molecule has 0 unspecified atom stereocenters. The van der Waals surface area contributed by atoms with Gasteiger partial charge in [-0.15, -0.1) is 0 Å². The monoisotopic (exact) mass is 419 g/mol. The quantitative estimate of drug-likeness (QED) is 0.185. The third kappa shape index (κ3) is 4.60. The lowest BCUT2D eigenvalue weighted by Gasteiger charge is -2.02. The molecule has 4 aromatic rings. The summed E-state index contributed by atoms with van der Waals surface area (Å²) in [6.07, 6.45) is 5.15. The standard InChI is InChI=1S/C22H21N5O2S/c1-14(11-12-30)9-10-19(23)27-20-8-4-6-16(25-20)18-13-24-21(29-18)22-26-15-5-2-3-7-17(15)28-22/h2-8,11,13,30H,9-10,12H2,1H3,(H2,23,25,27). The fourth-order valence-corrected chi connectivity index (χ4v) is 3.18. The van der Waals surface area contributed by atoms with Gasteiger partial charge in [0, 0.05) is 12.2 Å². The Balaban J connectivity index is 1.53. The minimum atomic E-state index is 0.294. The molecule has 0 atom stereocenters. The highest BCUT2D eigenvalue weighted by Gasteiger charge is 2.15. The number of fused-ring (bicyclic) bond motifs is 1. The van der Waals surface area contributed by atoms with Crippen molar-refractivity contribution in [3.63, 3.8) is 0 Å². The topological polar surface area (TPSA) is 103 Å². The second-order valence-corrected chi connectivity index (χ2v) is 7.10. The van der Waals surface area contributed by atoms with Crippen molar-refractivity contribution >= 4 is 35.4 Å². The normalized spacial score (nSPS) is 12.6. The molecule has 0 spiro atoms. The Kier molecular flexibility index (Phi) is 5.94. The summed E-state index contributed by atoms with van der Waals surface area (Å²) in [6, 6.07) is 13.0. The molecule has 0 amide bonds. The lowest BCUT2D eigenvalue weighted by Crippen LogP contribution is -2.11. The van der Waals surface area contributed by atoms with E-state index in [0.29, 0.717) is 46.9 Å². The van der Waals surface area contributed by atoms with Crippen molar-refractivity contribution in [2.45, 2.75) is 19.8 Å². The number of benzene rings is 1. The van der Waals surface area contributed by atoms with Crippen LogP contribution in [0.4, 0.5) is 5.82 Å². The van der Waals surface area contributed by atoms with E-state index >= 15 is 0 Å². The molecule has 2 N–H and O–H groups in total. The molecule has 8 heteroatoms. The number of nitrogens with two attached hydrogens (primary N) is 1. The van der Waals surface area contributed by atoms with Crippen molar-refractivity contribution in [3.05, 3.63) is 60.3 Å². The highest BCUT2D eigenvalue weighted by molar-refractivity contribution is 7.80. The summed E-state index contributed by atoms with van der Waals surface area (Å²) in [7, 11) is 0. The molecule has 0 saturated carbocycles. The van der Waals surface area contributed by atoms with Crippen molar-refractivity contribution < 1.29 is 8.83 Å². The van der Waals surface area contributed by atoms with Gasteiger partial charge in [-0.1, -0.05) is 29.8 Å². The summed E-state index contributed by atoms with van der Waals surface area (Å²) in [5, 5.41) is 0. The summed E-state index contributed by atoms with van der Waals surface area (Å²) < 4.78 is 11.5. The largest absolute Gasteiger partial charge is 0.432 e. The predicted molar refractivity (Wildman–Crippen MR) is 121 cm³/mol. The van der Waals surface area contributed by atoms with E-state index in [9.17, 15) is 0 Å². The average Bonchev–Trinajstić information content (AvgIpc) is 3.40. The van der Waals surface area contributed by atoms with Crippen LogP contribution in [0.2, 0.25) is 0 Å². The van der Waals surface area contributed by atoms with Gasteiger partial charge in [-0.25, -0.2) is 19.9 Å². The second kappa shape index (κ2) is 8.96. The number of rotatable bonds is 7. The summed E-state index contributed by atoms with van der Waals surface area (Å²) in [5.74, 6) is 2.87. The van der Waals surface area contributed by atoms with Crippen LogP contribution in [-0.2, 0) is 0 Å². The molecule has 4 rings (SSSR count). The number of para-hydroxylation sites is 2. The maximum Gasteiger partial charge on any atom is 0.284 e. The fourth-order valence-electron chi connectivity index (χ4n) is 2.86. The molecule has 3 heterocycles. The molecule has 30 heavy (non-hydrogen) atoms. The van der Waals surface area contributed by atoms with Crippen LogP contribution in [0.5, 0.6) is 0 Å². The Labute approximate surface area is 179 Å². The number of amidine groups is 1. The van der Waals surface area contributed by atoms with Gasteiger partial charge in [-0.2, -0.15) is 12.6 Å². The molecule has 1 aromatic carbocycles. The number of thiol groups is 1. The summed E-state index contributed by atoms with van der Waals surface area (Å²) in [5.41, 5.74) is 9.32. The molecule has 0 aliphatic carbocycles. The average molecular weight is 420 g/mol. The number of nitrogens with zero attached hydrogens (tertiary/aromatic N) is 4. The lowest BCUT2D eigenvalue weighted by atomic mass is 10.1. The maximum absolute atomic E-state index is 6.06. The predicted octanol–water partition coefficient (Wildman–Crippen LogP) is 5.19. The SMILES string of the molecule is CC(=CCS)CCC(N)=Nc1cccc(-c2cnc(-c3nc4ccccc4o3)o2)n1. The molecule has 3 aromatic heterocycles.